The van der Waals surface area contributed by atoms with Crippen LogP contribution < -0.4 is 5.32 Å². The summed E-state index contributed by atoms with van der Waals surface area (Å²) in [6.45, 7) is 3.90. The van der Waals surface area contributed by atoms with Crippen molar-refractivity contribution in [2.24, 2.45) is 0 Å². The summed E-state index contributed by atoms with van der Waals surface area (Å²) in [4.78, 5) is 16.5. The van der Waals surface area contributed by atoms with Gasteiger partial charge in [0, 0.05) is 10.9 Å². The highest BCUT2D eigenvalue weighted by Crippen LogP contribution is 2.19. The van der Waals surface area contributed by atoms with Crippen molar-refractivity contribution < 1.29 is 9.18 Å². The molecule has 0 aliphatic heterocycles. The van der Waals surface area contributed by atoms with Crippen LogP contribution in [0.1, 0.15) is 40.9 Å². The average Bonchev–Trinajstić information content (AvgIpc) is 2.90. The number of benzene rings is 1. The number of aromatic nitrogens is 1. The molecule has 3 nitrogen and oxygen atoms in total. The summed E-state index contributed by atoms with van der Waals surface area (Å²) in [7, 11) is 0. The van der Waals surface area contributed by atoms with Crippen LogP contribution in [0.3, 0.4) is 0 Å². The Balaban J connectivity index is 2.08. The van der Waals surface area contributed by atoms with Crippen molar-refractivity contribution >= 4 is 33.2 Å². The molecule has 0 saturated carbocycles. The average molecular weight is 357 g/mol. The minimum atomic E-state index is -0.452. The van der Waals surface area contributed by atoms with Gasteiger partial charge in [0.2, 0.25) is 0 Å². The summed E-state index contributed by atoms with van der Waals surface area (Å²) >= 11 is 4.64. The molecule has 0 saturated heterocycles. The zero-order chi connectivity index (χ0) is 14.7. The molecular formula is C14H14BrFN2OS. The van der Waals surface area contributed by atoms with Gasteiger partial charge in [-0.3, -0.25) is 4.79 Å². The van der Waals surface area contributed by atoms with E-state index in [2.05, 4.69) is 26.2 Å². The summed E-state index contributed by atoms with van der Waals surface area (Å²) < 4.78 is 13.8. The van der Waals surface area contributed by atoms with E-state index in [1.807, 2.05) is 19.2 Å². The fraction of sp³-hybridized carbons (Fsp3) is 0.286. The summed E-state index contributed by atoms with van der Waals surface area (Å²) in [6.07, 6.45) is 0.878. The molecule has 2 aromatic rings. The van der Waals surface area contributed by atoms with Crippen molar-refractivity contribution in [2.45, 2.75) is 26.3 Å². The predicted molar refractivity (Wildman–Crippen MR) is 81.5 cm³/mol. The smallest absolute Gasteiger partial charge is 0.251 e. The second kappa shape index (κ2) is 6.45. The Hall–Kier alpha value is -1.27. The third kappa shape index (κ3) is 3.43. The van der Waals surface area contributed by atoms with Crippen LogP contribution in [-0.2, 0) is 6.42 Å². The van der Waals surface area contributed by atoms with Gasteiger partial charge < -0.3 is 5.32 Å². The Bertz CT molecular complexity index is 629. The predicted octanol–water partition coefficient (Wildman–Crippen LogP) is 4.10. The highest BCUT2D eigenvalue weighted by atomic mass is 79.9. The normalized spacial score (nSPS) is 12.2. The fourth-order valence-electron chi connectivity index (χ4n) is 1.68. The van der Waals surface area contributed by atoms with Crippen LogP contribution in [0.15, 0.2) is 28.1 Å². The molecule has 0 spiro atoms. The van der Waals surface area contributed by atoms with Crippen LogP contribution in [0.5, 0.6) is 0 Å². The van der Waals surface area contributed by atoms with E-state index >= 15 is 0 Å². The van der Waals surface area contributed by atoms with Gasteiger partial charge in [0.15, 0.2) is 0 Å². The Morgan fingerprint density at radius 2 is 2.30 bits per heavy atom. The van der Waals surface area contributed by atoms with Gasteiger partial charge in [-0.1, -0.05) is 6.92 Å². The van der Waals surface area contributed by atoms with Crippen LogP contribution in [0.4, 0.5) is 4.39 Å². The fourth-order valence-corrected chi connectivity index (χ4v) is 2.76. The number of amides is 1. The van der Waals surface area contributed by atoms with Gasteiger partial charge in [-0.2, -0.15) is 0 Å². The van der Waals surface area contributed by atoms with Crippen LogP contribution in [0, 0.1) is 5.82 Å². The lowest BCUT2D eigenvalue weighted by Crippen LogP contribution is -2.27. The first-order valence-corrected chi connectivity index (χ1v) is 7.88. The molecule has 106 valence electrons. The van der Waals surface area contributed by atoms with Gasteiger partial charge in [0.1, 0.15) is 5.82 Å². The lowest BCUT2D eigenvalue weighted by molar-refractivity contribution is 0.0938. The Labute approximate surface area is 129 Å². The van der Waals surface area contributed by atoms with E-state index in [9.17, 15) is 9.18 Å². The molecule has 1 aromatic heterocycles. The number of hydrogen-bond donors (Lipinski definition) is 1. The van der Waals surface area contributed by atoms with Crippen molar-refractivity contribution in [1.82, 2.24) is 10.3 Å². The number of aryl methyl sites for hydroxylation is 1. The maximum absolute atomic E-state index is 13.4. The third-order valence-corrected chi connectivity index (χ3v) is 4.50. The molecule has 1 atom stereocenters. The molecule has 1 amide bonds. The summed E-state index contributed by atoms with van der Waals surface area (Å²) in [5.74, 6) is -0.762. The highest BCUT2D eigenvalue weighted by Gasteiger charge is 2.15. The van der Waals surface area contributed by atoms with Crippen molar-refractivity contribution in [2.75, 3.05) is 0 Å². The van der Waals surface area contributed by atoms with Gasteiger partial charge in [-0.25, -0.2) is 9.37 Å². The van der Waals surface area contributed by atoms with E-state index in [0.717, 1.165) is 17.1 Å². The van der Waals surface area contributed by atoms with E-state index in [4.69, 9.17) is 0 Å². The number of nitrogens with one attached hydrogen (secondary N) is 1. The van der Waals surface area contributed by atoms with Crippen LogP contribution in [0.2, 0.25) is 0 Å². The SMILES string of the molecule is CCc1nc(C(C)NC(=O)c2ccc(Br)c(F)c2)cs1. The number of nitrogens with zero attached hydrogens (tertiary/aromatic N) is 1. The minimum Gasteiger partial charge on any atom is -0.344 e. The van der Waals surface area contributed by atoms with Gasteiger partial charge in [0.05, 0.1) is 21.2 Å². The number of hydrogen-bond acceptors (Lipinski definition) is 3. The molecule has 0 bridgehead atoms. The number of halogens is 2. The van der Waals surface area contributed by atoms with Gasteiger partial charge >= 0.3 is 0 Å². The first-order chi connectivity index (χ1) is 9.51. The largest absolute Gasteiger partial charge is 0.344 e. The molecule has 1 unspecified atom stereocenters. The molecule has 0 radical (unpaired) electrons. The van der Waals surface area contributed by atoms with Gasteiger partial charge in [0.25, 0.3) is 5.91 Å². The molecule has 1 N–H and O–H groups in total. The third-order valence-electron chi connectivity index (χ3n) is 2.85. The van der Waals surface area contributed by atoms with Crippen molar-refractivity contribution in [3.8, 4) is 0 Å². The lowest BCUT2D eigenvalue weighted by atomic mass is 10.2. The quantitative estimate of drug-likeness (QED) is 0.895. The molecule has 1 heterocycles. The molecular weight excluding hydrogens is 343 g/mol. The molecule has 0 fully saturated rings. The summed E-state index contributed by atoms with van der Waals surface area (Å²) in [5.41, 5.74) is 1.13. The summed E-state index contributed by atoms with van der Waals surface area (Å²) in [6, 6.07) is 4.11. The molecule has 0 aliphatic rings. The van der Waals surface area contributed by atoms with Gasteiger partial charge in [-0.15, -0.1) is 11.3 Å². The second-order valence-electron chi connectivity index (χ2n) is 4.34. The Morgan fingerprint density at radius 1 is 1.55 bits per heavy atom. The number of carbonyl (C=O) groups is 1. The van der Waals surface area contributed by atoms with Crippen LogP contribution >= 0.6 is 27.3 Å². The van der Waals surface area contributed by atoms with E-state index < -0.39 is 5.82 Å². The second-order valence-corrected chi connectivity index (χ2v) is 6.14. The Kier molecular flexibility index (Phi) is 4.88. The maximum atomic E-state index is 13.4. The van der Waals surface area contributed by atoms with E-state index in [0.29, 0.717) is 10.0 Å². The number of carbonyl (C=O) groups excluding carboxylic acids is 1. The van der Waals surface area contributed by atoms with Crippen molar-refractivity contribution in [3.63, 3.8) is 0 Å². The molecule has 2 rings (SSSR count). The zero-order valence-corrected chi connectivity index (χ0v) is 13.5. The van der Waals surface area contributed by atoms with Crippen LogP contribution in [-0.4, -0.2) is 10.9 Å². The Morgan fingerprint density at radius 3 is 2.90 bits per heavy atom. The van der Waals surface area contributed by atoms with E-state index in [1.165, 1.54) is 12.1 Å². The number of thiazole rings is 1. The van der Waals surface area contributed by atoms with Crippen LogP contribution in [0.25, 0.3) is 0 Å². The molecule has 6 heteroatoms. The standard InChI is InChI=1S/C14H14BrFN2OS/c1-3-13-18-12(7-20-13)8(2)17-14(19)9-4-5-10(15)11(16)6-9/h4-8H,3H2,1-2H3,(H,17,19). The highest BCUT2D eigenvalue weighted by molar-refractivity contribution is 9.10. The van der Waals surface area contributed by atoms with Crippen molar-refractivity contribution in [1.29, 1.82) is 0 Å². The van der Waals surface area contributed by atoms with Gasteiger partial charge in [-0.05, 0) is 47.5 Å². The van der Waals surface area contributed by atoms with E-state index in [1.54, 1.807) is 17.4 Å². The topological polar surface area (TPSA) is 42.0 Å². The molecule has 20 heavy (non-hydrogen) atoms. The zero-order valence-electron chi connectivity index (χ0n) is 11.1. The molecule has 1 aromatic carbocycles. The van der Waals surface area contributed by atoms with E-state index in [-0.39, 0.29) is 11.9 Å². The number of rotatable bonds is 4. The minimum absolute atomic E-state index is 0.203. The first-order valence-electron chi connectivity index (χ1n) is 6.21. The summed E-state index contributed by atoms with van der Waals surface area (Å²) in [5, 5.41) is 5.79. The first kappa shape index (κ1) is 15.1. The molecule has 0 aliphatic carbocycles. The lowest BCUT2D eigenvalue weighted by Gasteiger charge is -2.11. The van der Waals surface area contributed by atoms with Crippen molar-refractivity contribution in [3.05, 3.63) is 50.1 Å². The monoisotopic (exact) mass is 356 g/mol. The maximum Gasteiger partial charge on any atom is 0.251 e.